The third-order valence-corrected chi connectivity index (χ3v) is 5.56. The lowest BCUT2D eigenvalue weighted by atomic mass is 9.93. The molecule has 10 heteroatoms. The van der Waals surface area contributed by atoms with Crippen LogP contribution >= 0.6 is 0 Å². The maximum atomic E-state index is 12.4. The number of fused-ring (bicyclic) bond motifs is 1. The van der Waals surface area contributed by atoms with Crippen molar-refractivity contribution in [1.29, 1.82) is 0 Å². The van der Waals surface area contributed by atoms with Crippen LogP contribution in [-0.4, -0.2) is 69.4 Å². The number of aromatic nitrogens is 3. The summed E-state index contributed by atoms with van der Waals surface area (Å²) in [5, 5.41) is 7.89. The molecule has 1 unspecified atom stereocenters. The molecule has 2 aromatic rings. The number of rotatable bonds is 2. The highest BCUT2D eigenvalue weighted by Crippen LogP contribution is 2.33. The van der Waals surface area contributed by atoms with E-state index in [1.165, 1.54) is 0 Å². The van der Waals surface area contributed by atoms with Crippen LogP contribution in [0.3, 0.4) is 0 Å². The van der Waals surface area contributed by atoms with Crippen molar-refractivity contribution in [2.75, 3.05) is 31.1 Å². The second-order valence-corrected chi connectivity index (χ2v) is 9.00. The SMILES string of the molecule is Cn1nc(C2CCC(=O)NC2=O)c2ccnc(N3CCN(C(=O)OC(C)(C)C)CC3)c21. The van der Waals surface area contributed by atoms with Gasteiger partial charge in [-0.1, -0.05) is 0 Å². The van der Waals surface area contributed by atoms with Crippen LogP contribution in [0.1, 0.15) is 45.2 Å². The first-order valence-corrected chi connectivity index (χ1v) is 10.5. The summed E-state index contributed by atoms with van der Waals surface area (Å²) in [7, 11) is 1.83. The van der Waals surface area contributed by atoms with Crippen molar-refractivity contribution in [3.8, 4) is 0 Å². The van der Waals surface area contributed by atoms with Crippen LogP contribution < -0.4 is 10.2 Å². The number of hydrogen-bond acceptors (Lipinski definition) is 7. The molecule has 2 fully saturated rings. The molecular weight excluding hydrogens is 400 g/mol. The van der Waals surface area contributed by atoms with Crippen molar-refractivity contribution >= 4 is 34.6 Å². The second kappa shape index (κ2) is 7.82. The lowest BCUT2D eigenvalue weighted by Gasteiger charge is -2.36. The van der Waals surface area contributed by atoms with Gasteiger partial charge in [-0.3, -0.25) is 19.6 Å². The number of nitrogens with one attached hydrogen (secondary N) is 1. The highest BCUT2D eigenvalue weighted by atomic mass is 16.6. The minimum Gasteiger partial charge on any atom is -0.444 e. The van der Waals surface area contributed by atoms with Crippen LogP contribution in [0.25, 0.3) is 10.9 Å². The zero-order valence-electron chi connectivity index (χ0n) is 18.3. The summed E-state index contributed by atoms with van der Waals surface area (Å²) in [4.78, 5) is 44.7. The first-order valence-electron chi connectivity index (χ1n) is 10.5. The van der Waals surface area contributed by atoms with Crippen molar-refractivity contribution in [3.63, 3.8) is 0 Å². The molecule has 0 bridgehead atoms. The molecular formula is C21H28N6O4. The fourth-order valence-corrected chi connectivity index (χ4v) is 4.10. The van der Waals surface area contributed by atoms with Crippen LogP contribution in [0.5, 0.6) is 0 Å². The summed E-state index contributed by atoms with van der Waals surface area (Å²) >= 11 is 0. The Morgan fingerprint density at radius 2 is 1.90 bits per heavy atom. The van der Waals surface area contributed by atoms with Gasteiger partial charge in [0, 0.05) is 51.2 Å². The van der Waals surface area contributed by atoms with Gasteiger partial charge in [0.15, 0.2) is 5.82 Å². The Bertz CT molecular complexity index is 1030. The van der Waals surface area contributed by atoms with E-state index in [0.29, 0.717) is 44.7 Å². The van der Waals surface area contributed by atoms with Gasteiger partial charge in [-0.25, -0.2) is 9.78 Å². The van der Waals surface area contributed by atoms with Crippen LogP contribution in [0.15, 0.2) is 12.3 Å². The predicted molar refractivity (Wildman–Crippen MR) is 114 cm³/mol. The Balaban J connectivity index is 1.56. The van der Waals surface area contributed by atoms with Gasteiger partial charge in [0.2, 0.25) is 11.8 Å². The van der Waals surface area contributed by atoms with E-state index in [9.17, 15) is 14.4 Å². The molecule has 2 saturated heterocycles. The van der Waals surface area contributed by atoms with Gasteiger partial charge >= 0.3 is 6.09 Å². The summed E-state index contributed by atoms with van der Waals surface area (Å²) < 4.78 is 7.22. The van der Waals surface area contributed by atoms with Gasteiger partial charge in [-0.2, -0.15) is 5.10 Å². The van der Waals surface area contributed by atoms with Crippen LogP contribution in [0.2, 0.25) is 0 Å². The van der Waals surface area contributed by atoms with E-state index in [1.54, 1.807) is 15.8 Å². The number of piperidine rings is 1. The molecule has 4 rings (SSSR count). The number of anilines is 1. The molecule has 0 aliphatic carbocycles. The summed E-state index contributed by atoms with van der Waals surface area (Å²) in [5.74, 6) is -0.233. The molecule has 0 radical (unpaired) electrons. The second-order valence-electron chi connectivity index (χ2n) is 9.00. The first-order chi connectivity index (χ1) is 14.6. The van der Waals surface area contributed by atoms with Gasteiger partial charge in [0.1, 0.15) is 11.1 Å². The lowest BCUT2D eigenvalue weighted by molar-refractivity contribution is -0.134. The topological polar surface area (TPSA) is 110 Å². The number of aryl methyl sites for hydroxylation is 1. The van der Waals surface area contributed by atoms with E-state index in [-0.39, 0.29) is 17.9 Å². The van der Waals surface area contributed by atoms with Crippen LogP contribution in [-0.2, 0) is 21.4 Å². The molecule has 0 saturated carbocycles. The Kier molecular flexibility index (Phi) is 5.32. The highest BCUT2D eigenvalue weighted by Gasteiger charge is 2.33. The smallest absolute Gasteiger partial charge is 0.410 e. The van der Waals surface area contributed by atoms with E-state index in [2.05, 4.69) is 20.3 Å². The zero-order chi connectivity index (χ0) is 22.3. The standard InChI is InChI=1S/C21H28N6O4/c1-21(2,3)31-20(30)27-11-9-26(10-12-27)18-17-13(7-8-22-18)16(24-25(17)4)14-5-6-15(28)23-19(14)29/h7-8,14H,5-6,9-12H2,1-4H3,(H,23,28,29). The Morgan fingerprint density at radius 1 is 1.19 bits per heavy atom. The number of nitrogens with zero attached hydrogens (tertiary/aromatic N) is 5. The van der Waals surface area contributed by atoms with E-state index in [1.807, 2.05) is 33.9 Å². The maximum absolute atomic E-state index is 12.4. The number of imide groups is 1. The molecule has 2 aliphatic rings. The molecule has 2 aliphatic heterocycles. The molecule has 0 aromatic carbocycles. The normalized spacial score (nSPS) is 20.2. The molecule has 166 valence electrons. The number of piperazine rings is 1. The molecule has 1 N–H and O–H groups in total. The fourth-order valence-electron chi connectivity index (χ4n) is 4.10. The molecule has 1 atom stereocenters. The Morgan fingerprint density at radius 3 is 2.55 bits per heavy atom. The van der Waals surface area contributed by atoms with Crippen LogP contribution in [0, 0.1) is 0 Å². The van der Waals surface area contributed by atoms with Crippen molar-refractivity contribution in [2.24, 2.45) is 7.05 Å². The summed E-state index contributed by atoms with van der Waals surface area (Å²) in [6, 6.07) is 1.86. The van der Waals surface area contributed by atoms with Gasteiger partial charge in [0.25, 0.3) is 0 Å². The van der Waals surface area contributed by atoms with Gasteiger partial charge in [-0.05, 0) is 33.3 Å². The third kappa shape index (κ3) is 4.19. The highest BCUT2D eigenvalue weighted by molar-refractivity contribution is 6.03. The van der Waals surface area contributed by atoms with Crippen molar-refractivity contribution in [2.45, 2.75) is 45.1 Å². The van der Waals surface area contributed by atoms with Gasteiger partial charge in [0.05, 0.1) is 11.6 Å². The largest absolute Gasteiger partial charge is 0.444 e. The number of carbonyl (C=O) groups is 3. The fraction of sp³-hybridized carbons (Fsp3) is 0.571. The monoisotopic (exact) mass is 428 g/mol. The summed E-state index contributed by atoms with van der Waals surface area (Å²) in [6.45, 7) is 7.86. The minimum atomic E-state index is -0.525. The Labute approximate surface area is 180 Å². The van der Waals surface area contributed by atoms with E-state index < -0.39 is 11.5 Å². The maximum Gasteiger partial charge on any atom is 0.410 e. The molecule has 0 spiro atoms. The van der Waals surface area contributed by atoms with Gasteiger partial charge < -0.3 is 14.5 Å². The number of hydrogen-bond donors (Lipinski definition) is 1. The molecule has 10 nitrogen and oxygen atoms in total. The first kappa shape index (κ1) is 21.1. The minimum absolute atomic E-state index is 0.244. The predicted octanol–water partition coefficient (Wildman–Crippen LogP) is 1.55. The molecule has 2 aromatic heterocycles. The van der Waals surface area contributed by atoms with Crippen molar-refractivity contribution < 1.29 is 19.1 Å². The summed E-state index contributed by atoms with van der Waals surface area (Å²) in [5.41, 5.74) is 0.981. The number of pyridine rings is 1. The summed E-state index contributed by atoms with van der Waals surface area (Å²) in [6.07, 6.45) is 2.16. The zero-order valence-corrected chi connectivity index (χ0v) is 18.3. The molecule has 3 amide bonds. The number of carbonyl (C=O) groups excluding carboxylic acids is 3. The van der Waals surface area contributed by atoms with Gasteiger partial charge in [-0.15, -0.1) is 0 Å². The van der Waals surface area contributed by atoms with E-state index >= 15 is 0 Å². The van der Waals surface area contributed by atoms with Crippen molar-refractivity contribution in [3.05, 3.63) is 18.0 Å². The quantitative estimate of drug-likeness (QED) is 0.723. The Hall–Kier alpha value is -3.17. The molecule has 4 heterocycles. The van der Waals surface area contributed by atoms with E-state index in [4.69, 9.17) is 4.74 Å². The lowest BCUT2D eigenvalue weighted by Crippen LogP contribution is -2.50. The third-order valence-electron chi connectivity index (χ3n) is 5.56. The van der Waals surface area contributed by atoms with Crippen LogP contribution in [0.4, 0.5) is 10.6 Å². The average molecular weight is 428 g/mol. The van der Waals surface area contributed by atoms with Crippen molar-refractivity contribution in [1.82, 2.24) is 25.0 Å². The van der Waals surface area contributed by atoms with E-state index in [0.717, 1.165) is 16.7 Å². The average Bonchev–Trinajstić information content (AvgIpc) is 3.03. The molecule has 31 heavy (non-hydrogen) atoms. The number of ether oxygens (including phenoxy) is 1. The number of amides is 3.